The molecular formula is C10H16N2. The van der Waals surface area contributed by atoms with E-state index in [4.69, 9.17) is 0 Å². The summed E-state index contributed by atoms with van der Waals surface area (Å²) in [5, 5.41) is 0. The van der Waals surface area contributed by atoms with Gasteiger partial charge in [0.05, 0.1) is 11.4 Å². The molecule has 0 fully saturated rings. The summed E-state index contributed by atoms with van der Waals surface area (Å²) in [5.74, 6) is 0. The summed E-state index contributed by atoms with van der Waals surface area (Å²) < 4.78 is 0. The van der Waals surface area contributed by atoms with E-state index < -0.39 is 0 Å². The maximum absolute atomic E-state index is 3.79. The van der Waals surface area contributed by atoms with Crippen LogP contribution in [0.1, 0.15) is 0 Å². The number of likely N-dealkylation sites (N-methyl/N-ethyl adjacent to an activating group) is 2. The Morgan fingerprint density at radius 2 is 1.33 bits per heavy atom. The van der Waals surface area contributed by atoms with Gasteiger partial charge in [-0.25, -0.2) is 0 Å². The van der Waals surface area contributed by atoms with Crippen molar-refractivity contribution >= 4 is 0 Å². The highest BCUT2D eigenvalue weighted by Crippen LogP contribution is 2.18. The molecule has 1 aliphatic heterocycles. The molecule has 0 aliphatic carbocycles. The molecule has 0 amide bonds. The molecule has 0 N–H and O–H groups in total. The molecule has 12 heavy (non-hydrogen) atoms. The van der Waals surface area contributed by atoms with Crippen LogP contribution in [0.25, 0.3) is 0 Å². The first-order valence-corrected chi connectivity index (χ1v) is 4.12. The van der Waals surface area contributed by atoms with Gasteiger partial charge in [0.2, 0.25) is 0 Å². The minimum atomic E-state index is 1.05. The van der Waals surface area contributed by atoms with Gasteiger partial charge in [0, 0.05) is 27.2 Å². The summed E-state index contributed by atoms with van der Waals surface area (Å²) in [6, 6.07) is 0. The minimum Gasteiger partial charge on any atom is -0.371 e. The molecule has 1 rings (SSSR count). The Morgan fingerprint density at radius 3 is 1.58 bits per heavy atom. The predicted molar refractivity (Wildman–Crippen MR) is 52.7 cm³/mol. The number of hydrogen-bond acceptors (Lipinski definition) is 2. The molecule has 0 aromatic rings. The third kappa shape index (κ3) is 1.37. The van der Waals surface area contributed by atoms with Crippen LogP contribution in [0.15, 0.2) is 36.7 Å². The number of nitrogens with zero attached hydrogens (tertiary/aromatic N) is 2. The topological polar surface area (TPSA) is 6.48 Å². The Balaban J connectivity index is 3.05. The van der Waals surface area contributed by atoms with Crippen LogP contribution in [-0.2, 0) is 0 Å². The Kier molecular flexibility index (Phi) is 2.58. The van der Waals surface area contributed by atoms with Crippen LogP contribution in [0.3, 0.4) is 0 Å². The molecule has 0 spiro atoms. The summed E-state index contributed by atoms with van der Waals surface area (Å²) in [6.45, 7) is 9.69. The molecule has 2 heteroatoms. The molecule has 0 atom stereocenters. The number of hydrogen-bond donors (Lipinski definition) is 0. The van der Waals surface area contributed by atoms with E-state index in [0.717, 1.165) is 13.1 Å². The average Bonchev–Trinajstić information content (AvgIpc) is 2.08. The SMILES string of the molecule is C=CC1=C(C=C)N(C)CCN1C. The zero-order chi connectivity index (χ0) is 9.14. The lowest BCUT2D eigenvalue weighted by Crippen LogP contribution is -2.36. The molecule has 1 heterocycles. The van der Waals surface area contributed by atoms with Crippen molar-refractivity contribution in [3.05, 3.63) is 36.7 Å². The van der Waals surface area contributed by atoms with Crippen molar-refractivity contribution in [1.82, 2.24) is 9.80 Å². The van der Waals surface area contributed by atoms with Crippen molar-refractivity contribution in [2.75, 3.05) is 27.2 Å². The third-order valence-electron chi connectivity index (χ3n) is 2.24. The van der Waals surface area contributed by atoms with Gasteiger partial charge >= 0.3 is 0 Å². The van der Waals surface area contributed by atoms with Crippen molar-refractivity contribution in [2.45, 2.75) is 0 Å². The summed E-state index contributed by atoms with van der Waals surface area (Å²) in [5.41, 5.74) is 2.33. The quantitative estimate of drug-likeness (QED) is 0.609. The maximum Gasteiger partial charge on any atom is 0.0595 e. The normalized spacial score (nSPS) is 18.2. The van der Waals surface area contributed by atoms with Gasteiger partial charge in [-0.3, -0.25) is 0 Å². The van der Waals surface area contributed by atoms with E-state index in [9.17, 15) is 0 Å². The largest absolute Gasteiger partial charge is 0.371 e. The van der Waals surface area contributed by atoms with E-state index in [1.807, 2.05) is 12.2 Å². The highest BCUT2D eigenvalue weighted by atomic mass is 15.2. The zero-order valence-electron chi connectivity index (χ0n) is 7.88. The van der Waals surface area contributed by atoms with Crippen LogP contribution in [0, 0.1) is 0 Å². The summed E-state index contributed by atoms with van der Waals surface area (Å²) in [7, 11) is 4.15. The summed E-state index contributed by atoms with van der Waals surface area (Å²) in [6.07, 6.45) is 3.76. The number of rotatable bonds is 2. The van der Waals surface area contributed by atoms with E-state index >= 15 is 0 Å². The van der Waals surface area contributed by atoms with Gasteiger partial charge in [0.1, 0.15) is 0 Å². The Hall–Kier alpha value is -1.18. The van der Waals surface area contributed by atoms with Crippen LogP contribution in [0.4, 0.5) is 0 Å². The van der Waals surface area contributed by atoms with E-state index in [1.165, 1.54) is 11.4 Å². The van der Waals surface area contributed by atoms with Crippen molar-refractivity contribution in [2.24, 2.45) is 0 Å². The molecule has 0 bridgehead atoms. The first-order valence-electron chi connectivity index (χ1n) is 4.12. The predicted octanol–water partition coefficient (Wildman–Crippen LogP) is 1.45. The van der Waals surface area contributed by atoms with E-state index in [2.05, 4.69) is 37.1 Å². The van der Waals surface area contributed by atoms with Gasteiger partial charge in [0.25, 0.3) is 0 Å². The molecule has 66 valence electrons. The van der Waals surface area contributed by atoms with Crippen molar-refractivity contribution in [1.29, 1.82) is 0 Å². The molecule has 2 nitrogen and oxygen atoms in total. The average molecular weight is 164 g/mol. The van der Waals surface area contributed by atoms with Gasteiger partial charge in [-0.05, 0) is 12.2 Å². The van der Waals surface area contributed by atoms with Gasteiger partial charge in [-0.1, -0.05) is 13.2 Å². The first kappa shape index (κ1) is 8.91. The maximum atomic E-state index is 3.79. The molecule has 0 saturated carbocycles. The van der Waals surface area contributed by atoms with Gasteiger partial charge in [0.15, 0.2) is 0 Å². The highest BCUT2D eigenvalue weighted by molar-refractivity contribution is 5.30. The lowest BCUT2D eigenvalue weighted by molar-refractivity contribution is 0.293. The molecule has 0 saturated heterocycles. The number of allylic oxidation sites excluding steroid dienone is 2. The van der Waals surface area contributed by atoms with Gasteiger partial charge in [-0.15, -0.1) is 0 Å². The second-order valence-corrected chi connectivity index (χ2v) is 3.02. The van der Waals surface area contributed by atoms with Crippen molar-refractivity contribution in [3.63, 3.8) is 0 Å². The summed E-state index contributed by atoms with van der Waals surface area (Å²) >= 11 is 0. The Labute approximate surface area is 74.5 Å². The molecular weight excluding hydrogens is 148 g/mol. The molecule has 1 aliphatic rings. The minimum absolute atomic E-state index is 1.05. The molecule has 0 radical (unpaired) electrons. The lowest BCUT2D eigenvalue weighted by Gasteiger charge is -2.34. The summed E-state index contributed by atoms with van der Waals surface area (Å²) in [4.78, 5) is 4.40. The Bertz CT molecular complexity index is 204. The second kappa shape index (κ2) is 3.48. The fraction of sp³-hybridized carbons (Fsp3) is 0.400. The van der Waals surface area contributed by atoms with Crippen LogP contribution in [-0.4, -0.2) is 37.0 Å². The van der Waals surface area contributed by atoms with Gasteiger partial charge < -0.3 is 9.80 Å². The fourth-order valence-corrected chi connectivity index (χ4v) is 1.45. The molecule has 0 unspecified atom stereocenters. The standard InChI is InChI=1S/C10H16N2/c1-5-9-10(6-2)12(4)8-7-11(9)3/h5-6H,1-2,7-8H2,3-4H3. The second-order valence-electron chi connectivity index (χ2n) is 3.02. The smallest absolute Gasteiger partial charge is 0.0595 e. The molecule has 0 aromatic heterocycles. The zero-order valence-corrected chi connectivity index (χ0v) is 7.88. The van der Waals surface area contributed by atoms with Gasteiger partial charge in [-0.2, -0.15) is 0 Å². The monoisotopic (exact) mass is 164 g/mol. The van der Waals surface area contributed by atoms with Crippen LogP contribution >= 0.6 is 0 Å². The van der Waals surface area contributed by atoms with Crippen molar-refractivity contribution < 1.29 is 0 Å². The highest BCUT2D eigenvalue weighted by Gasteiger charge is 2.15. The molecule has 0 aromatic carbocycles. The van der Waals surface area contributed by atoms with E-state index in [1.54, 1.807) is 0 Å². The van der Waals surface area contributed by atoms with Crippen LogP contribution in [0.5, 0.6) is 0 Å². The fourth-order valence-electron chi connectivity index (χ4n) is 1.45. The lowest BCUT2D eigenvalue weighted by atomic mass is 10.2. The van der Waals surface area contributed by atoms with Crippen molar-refractivity contribution in [3.8, 4) is 0 Å². The van der Waals surface area contributed by atoms with Crippen LogP contribution in [0.2, 0.25) is 0 Å². The van der Waals surface area contributed by atoms with E-state index in [-0.39, 0.29) is 0 Å². The van der Waals surface area contributed by atoms with Crippen LogP contribution < -0.4 is 0 Å². The van der Waals surface area contributed by atoms with E-state index in [0.29, 0.717) is 0 Å². The first-order chi connectivity index (χ1) is 5.70. The third-order valence-corrected chi connectivity index (χ3v) is 2.24. The Morgan fingerprint density at radius 1 is 1.00 bits per heavy atom.